The summed E-state index contributed by atoms with van der Waals surface area (Å²) >= 11 is 0. The van der Waals surface area contributed by atoms with Gasteiger partial charge >= 0.3 is 5.63 Å². The van der Waals surface area contributed by atoms with Crippen molar-refractivity contribution >= 4 is 21.9 Å². The Balaban J connectivity index is 1.62. The maximum absolute atomic E-state index is 11.8. The summed E-state index contributed by atoms with van der Waals surface area (Å²) in [7, 11) is 0. The number of ether oxygens (including phenoxy) is 3. The molecule has 11 nitrogen and oxygen atoms in total. The van der Waals surface area contributed by atoms with Crippen molar-refractivity contribution in [1.82, 2.24) is 0 Å². The van der Waals surface area contributed by atoms with Gasteiger partial charge in [0.05, 0.1) is 18.5 Å². The lowest BCUT2D eigenvalue weighted by Crippen LogP contribution is -2.61. The van der Waals surface area contributed by atoms with Crippen LogP contribution in [0.3, 0.4) is 0 Å². The predicted octanol–water partition coefficient (Wildman–Crippen LogP) is -0.126. The highest BCUT2D eigenvalue weighted by atomic mass is 16.7. The third kappa shape index (κ3) is 4.62. The van der Waals surface area contributed by atoms with Crippen LogP contribution < -0.4 is 10.4 Å². The standard InChI is InChI=1S/C22H26O11/c1-22(2,28)13(32-21-17(27)16(26)15(25)12(8-23)31-21)9-30-20-18-11(5-6-29-18)7-10-3-4-14(24)33-19(10)20/h3-7,12-13,15-17,21,23,25-28H,8-9H2,1-2H3/t12-,13+,15-,16+,17-,21+/m1/s1. The molecule has 0 saturated carbocycles. The smallest absolute Gasteiger partial charge is 0.336 e. The van der Waals surface area contributed by atoms with Gasteiger partial charge in [0, 0.05) is 16.8 Å². The van der Waals surface area contributed by atoms with Gasteiger partial charge in [-0.1, -0.05) is 0 Å². The summed E-state index contributed by atoms with van der Waals surface area (Å²) in [5, 5.41) is 51.6. The third-order valence-electron chi connectivity index (χ3n) is 5.60. The first kappa shape index (κ1) is 23.6. The van der Waals surface area contributed by atoms with Gasteiger partial charge < -0.3 is 48.6 Å². The van der Waals surface area contributed by atoms with E-state index in [-0.39, 0.29) is 17.9 Å². The molecule has 0 unspecified atom stereocenters. The summed E-state index contributed by atoms with van der Waals surface area (Å²) in [6.07, 6.45) is -7.17. The predicted molar refractivity (Wildman–Crippen MR) is 113 cm³/mol. The van der Waals surface area contributed by atoms with Crippen LogP contribution in [-0.2, 0) is 9.47 Å². The summed E-state index contributed by atoms with van der Waals surface area (Å²) in [4.78, 5) is 11.8. The van der Waals surface area contributed by atoms with Crippen molar-refractivity contribution in [2.45, 2.75) is 56.3 Å². The van der Waals surface area contributed by atoms with Gasteiger partial charge in [0.25, 0.3) is 0 Å². The van der Waals surface area contributed by atoms with Gasteiger partial charge in [-0.25, -0.2) is 4.79 Å². The normalized spacial score (nSPS) is 27.2. The van der Waals surface area contributed by atoms with Crippen LogP contribution >= 0.6 is 0 Å². The second-order valence-corrected chi connectivity index (χ2v) is 8.50. The number of hydrogen-bond donors (Lipinski definition) is 5. The van der Waals surface area contributed by atoms with Crippen LogP contribution in [0.5, 0.6) is 5.75 Å². The second kappa shape index (κ2) is 9.03. The average molecular weight is 466 g/mol. The number of aliphatic hydroxyl groups is 5. The fourth-order valence-corrected chi connectivity index (χ4v) is 3.65. The van der Waals surface area contributed by atoms with E-state index in [4.69, 9.17) is 23.0 Å². The molecule has 0 radical (unpaired) electrons. The molecule has 5 N–H and O–H groups in total. The van der Waals surface area contributed by atoms with E-state index in [1.165, 1.54) is 26.2 Å². The largest absolute Gasteiger partial charge is 0.483 e. The topological polar surface area (TPSA) is 172 Å². The molecule has 1 aliphatic heterocycles. The molecule has 3 heterocycles. The monoisotopic (exact) mass is 466 g/mol. The molecule has 6 atom stereocenters. The molecule has 180 valence electrons. The SMILES string of the molecule is CC(C)(O)[C@H](COc1c2occc2cc2ccc(=O)oc12)O[C@@H]1O[C@H](CO)[C@@H](O)[C@H](O)[C@H]1O. The van der Waals surface area contributed by atoms with Crippen molar-refractivity contribution in [3.8, 4) is 5.75 Å². The summed E-state index contributed by atoms with van der Waals surface area (Å²) < 4.78 is 27.8. The lowest BCUT2D eigenvalue weighted by molar-refractivity contribution is -0.323. The summed E-state index contributed by atoms with van der Waals surface area (Å²) in [6.45, 7) is 1.96. The van der Waals surface area contributed by atoms with Gasteiger partial charge in [0.2, 0.25) is 5.75 Å². The van der Waals surface area contributed by atoms with Crippen LogP contribution in [0.2, 0.25) is 0 Å². The molecule has 0 spiro atoms. The molecular weight excluding hydrogens is 440 g/mol. The molecule has 1 saturated heterocycles. The minimum atomic E-state index is -1.65. The third-order valence-corrected chi connectivity index (χ3v) is 5.60. The van der Waals surface area contributed by atoms with Gasteiger partial charge in [-0.05, 0) is 32.0 Å². The fourth-order valence-electron chi connectivity index (χ4n) is 3.65. The Bertz CT molecular complexity index is 1160. The van der Waals surface area contributed by atoms with E-state index in [1.807, 2.05) is 0 Å². The summed E-state index contributed by atoms with van der Waals surface area (Å²) in [5.41, 5.74) is -1.65. The van der Waals surface area contributed by atoms with Crippen molar-refractivity contribution in [1.29, 1.82) is 0 Å². The maximum atomic E-state index is 11.8. The molecule has 3 aromatic rings. The molecule has 1 fully saturated rings. The minimum Gasteiger partial charge on any atom is -0.483 e. The maximum Gasteiger partial charge on any atom is 0.336 e. The number of furan rings is 1. The molecule has 1 aliphatic rings. The number of hydrogen-bond acceptors (Lipinski definition) is 11. The summed E-state index contributed by atoms with van der Waals surface area (Å²) in [5.74, 6) is 0.122. The van der Waals surface area contributed by atoms with Gasteiger partial charge in [0.15, 0.2) is 17.5 Å². The Morgan fingerprint density at radius 1 is 1.06 bits per heavy atom. The highest BCUT2D eigenvalue weighted by Crippen LogP contribution is 2.35. The van der Waals surface area contributed by atoms with Crippen molar-refractivity contribution in [2.75, 3.05) is 13.2 Å². The van der Waals surface area contributed by atoms with Crippen LogP contribution in [0.25, 0.3) is 21.9 Å². The number of benzene rings is 1. The fraction of sp³-hybridized carbons (Fsp3) is 0.500. The highest BCUT2D eigenvalue weighted by Gasteiger charge is 2.46. The first-order valence-electron chi connectivity index (χ1n) is 10.4. The molecule has 33 heavy (non-hydrogen) atoms. The Kier molecular flexibility index (Phi) is 6.47. The second-order valence-electron chi connectivity index (χ2n) is 8.50. The zero-order chi connectivity index (χ0) is 23.9. The first-order chi connectivity index (χ1) is 15.6. The summed E-state index contributed by atoms with van der Waals surface area (Å²) in [6, 6.07) is 6.34. The van der Waals surface area contributed by atoms with Crippen LogP contribution in [-0.4, -0.2) is 81.2 Å². The van der Waals surface area contributed by atoms with Crippen molar-refractivity contribution in [2.24, 2.45) is 0 Å². The number of aliphatic hydroxyl groups excluding tert-OH is 4. The molecular formula is C22H26O11. The van der Waals surface area contributed by atoms with Crippen LogP contribution in [0.4, 0.5) is 0 Å². The van der Waals surface area contributed by atoms with Crippen molar-refractivity contribution < 1.29 is 48.6 Å². The Hall–Kier alpha value is -2.51. The Morgan fingerprint density at radius 3 is 2.48 bits per heavy atom. The molecule has 0 amide bonds. The average Bonchev–Trinajstić information content (AvgIpc) is 3.23. The lowest BCUT2D eigenvalue weighted by Gasteiger charge is -2.42. The molecule has 4 rings (SSSR count). The first-order valence-corrected chi connectivity index (χ1v) is 10.4. The number of rotatable bonds is 7. The van der Waals surface area contributed by atoms with Crippen molar-refractivity contribution in [3.05, 3.63) is 40.9 Å². The van der Waals surface area contributed by atoms with Gasteiger partial charge in [-0.15, -0.1) is 0 Å². The zero-order valence-corrected chi connectivity index (χ0v) is 18.0. The van der Waals surface area contributed by atoms with E-state index in [0.29, 0.717) is 16.4 Å². The Morgan fingerprint density at radius 2 is 1.79 bits per heavy atom. The van der Waals surface area contributed by atoms with Crippen molar-refractivity contribution in [3.63, 3.8) is 0 Å². The van der Waals surface area contributed by atoms with Gasteiger partial charge in [-0.2, -0.15) is 0 Å². The molecule has 1 aromatic carbocycles. The number of fused-ring (bicyclic) bond motifs is 2. The molecule has 0 bridgehead atoms. The zero-order valence-electron chi connectivity index (χ0n) is 18.0. The lowest BCUT2D eigenvalue weighted by atomic mass is 9.98. The van der Waals surface area contributed by atoms with Crippen LogP contribution in [0.1, 0.15) is 13.8 Å². The quantitative estimate of drug-likeness (QED) is 0.294. The van der Waals surface area contributed by atoms with Gasteiger partial charge in [-0.3, -0.25) is 0 Å². The van der Waals surface area contributed by atoms with Gasteiger partial charge in [0.1, 0.15) is 37.1 Å². The van der Waals surface area contributed by atoms with E-state index in [2.05, 4.69) is 0 Å². The highest BCUT2D eigenvalue weighted by molar-refractivity contribution is 5.99. The minimum absolute atomic E-state index is 0.122. The van der Waals surface area contributed by atoms with E-state index < -0.39 is 54.6 Å². The van der Waals surface area contributed by atoms with E-state index >= 15 is 0 Å². The van der Waals surface area contributed by atoms with E-state index in [1.54, 1.807) is 18.2 Å². The van der Waals surface area contributed by atoms with Crippen LogP contribution in [0.15, 0.2) is 44.2 Å². The van der Waals surface area contributed by atoms with E-state index in [0.717, 1.165) is 0 Å². The molecule has 0 aliphatic carbocycles. The Labute approximate surface area is 187 Å². The molecule has 11 heteroatoms. The van der Waals surface area contributed by atoms with E-state index in [9.17, 15) is 30.3 Å². The van der Waals surface area contributed by atoms with Crippen LogP contribution in [0, 0.1) is 0 Å². The molecule has 2 aromatic heterocycles.